The summed E-state index contributed by atoms with van der Waals surface area (Å²) in [6.07, 6.45) is -6.19. The summed E-state index contributed by atoms with van der Waals surface area (Å²) in [7, 11) is 0.968. The SMILES string of the molecule is COC(=O)OC1=C(C)N(Cc2ccccc2[N+](=O)[O-])C(C)C([N+](=O)[O-])=C1c1ccccc1C(F)(F)F. The molecule has 1 aliphatic heterocycles. The highest BCUT2D eigenvalue weighted by Crippen LogP contribution is 2.44. The van der Waals surface area contributed by atoms with Crippen molar-refractivity contribution in [2.75, 3.05) is 7.11 Å². The summed E-state index contributed by atoms with van der Waals surface area (Å²) in [5, 5.41) is 23.7. The van der Waals surface area contributed by atoms with Gasteiger partial charge in [0.15, 0.2) is 5.76 Å². The monoisotopic (exact) mass is 507 g/mol. The van der Waals surface area contributed by atoms with Gasteiger partial charge in [-0.1, -0.05) is 36.4 Å². The summed E-state index contributed by atoms with van der Waals surface area (Å²) in [4.78, 5) is 35.6. The van der Waals surface area contributed by atoms with Gasteiger partial charge < -0.3 is 14.4 Å². The molecule has 0 aliphatic carbocycles. The van der Waals surface area contributed by atoms with Gasteiger partial charge in [-0.3, -0.25) is 20.2 Å². The van der Waals surface area contributed by atoms with Crippen LogP contribution in [0.3, 0.4) is 0 Å². The van der Waals surface area contributed by atoms with E-state index in [1.54, 1.807) is 0 Å². The maximum Gasteiger partial charge on any atom is 0.513 e. The highest BCUT2D eigenvalue weighted by atomic mass is 19.4. The van der Waals surface area contributed by atoms with Crippen molar-refractivity contribution in [1.82, 2.24) is 4.90 Å². The number of methoxy groups -OCH3 is 1. The minimum atomic E-state index is -4.87. The van der Waals surface area contributed by atoms with Crippen molar-refractivity contribution in [3.63, 3.8) is 0 Å². The van der Waals surface area contributed by atoms with E-state index in [9.17, 15) is 38.2 Å². The lowest BCUT2D eigenvalue weighted by Gasteiger charge is -2.36. The molecule has 2 aromatic rings. The average molecular weight is 507 g/mol. The summed E-state index contributed by atoms with van der Waals surface area (Å²) >= 11 is 0. The Morgan fingerprint density at radius 2 is 1.67 bits per heavy atom. The van der Waals surface area contributed by atoms with E-state index in [1.165, 1.54) is 49.1 Å². The molecule has 0 spiro atoms. The van der Waals surface area contributed by atoms with Gasteiger partial charge in [0.25, 0.3) is 11.4 Å². The average Bonchev–Trinajstić information content (AvgIpc) is 2.82. The van der Waals surface area contributed by atoms with Gasteiger partial charge in [0.05, 0.1) is 34.8 Å². The number of ether oxygens (including phenoxy) is 2. The zero-order valence-electron chi connectivity index (χ0n) is 19.2. The Morgan fingerprint density at radius 1 is 1.06 bits per heavy atom. The largest absolute Gasteiger partial charge is 0.513 e. The van der Waals surface area contributed by atoms with Gasteiger partial charge in [-0.25, -0.2) is 4.79 Å². The number of carbonyl (C=O) groups is 1. The number of nitrogens with zero attached hydrogens (tertiary/aromatic N) is 3. The second-order valence-electron chi connectivity index (χ2n) is 7.72. The molecule has 2 aromatic carbocycles. The van der Waals surface area contributed by atoms with Gasteiger partial charge >= 0.3 is 12.3 Å². The van der Waals surface area contributed by atoms with E-state index in [2.05, 4.69) is 4.74 Å². The first kappa shape index (κ1) is 26.2. The maximum absolute atomic E-state index is 13.9. The number of allylic oxidation sites excluding steroid dienone is 2. The van der Waals surface area contributed by atoms with Gasteiger partial charge in [-0.2, -0.15) is 13.2 Å². The molecule has 0 fully saturated rings. The molecule has 10 nitrogen and oxygen atoms in total. The molecule has 36 heavy (non-hydrogen) atoms. The number of nitro benzene ring substituents is 1. The number of hydrogen-bond donors (Lipinski definition) is 0. The van der Waals surface area contributed by atoms with E-state index in [0.29, 0.717) is 0 Å². The quantitative estimate of drug-likeness (QED) is 0.284. The third kappa shape index (κ3) is 4.99. The zero-order chi connectivity index (χ0) is 26.8. The van der Waals surface area contributed by atoms with Gasteiger partial charge in [0.2, 0.25) is 0 Å². The number of benzene rings is 2. The summed E-state index contributed by atoms with van der Waals surface area (Å²) in [6, 6.07) is 8.72. The number of nitro groups is 2. The molecule has 1 aliphatic rings. The van der Waals surface area contributed by atoms with Crippen LogP contribution in [0.1, 0.15) is 30.5 Å². The van der Waals surface area contributed by atoms with Crippen LogP contribution in [0.4, 0.5) is 23.7 Å². The predicted octanol–water partition coefficient (Wildman–Crippen LogP) is 5.52. The molecular formula is C23H20F3N3O7. The minimum Gasteiger partial charge on any atom is -0.437 e. The highest BCUT2D eigenvalue weighted by molar-refractivity contribution is 5.85. The molecule has 1 unspecified atom stereocenters. The van der Waals surface area contributed by atoms with E-state index < -0.39 is 56.4 Å². The van der Waals surface area contributed by atoms with E-state index in [-0.39, 0.29) is 23.5 Å². The number of halogens is 3. The molecule has 0 radical (unpaired) electrons. The van der Waals surface area contributed by atoms with Crippen LogP contribution < -0.4 is 0 Å². The van der Waals surface area contributed by atoms with E-state index >= 15 is 0 Å². The van der Waals surface area contributed by atoms with Crippen molar-refractivity contribution in [1.29, 1.82) is 0 Å². The third-order valence-corrected chi connectivity index (χ3v) is 5.69. The summed E-state index contributed by atoms with van der Waals surface area (Å²) in [5.41, 5.74) is -2.98. The van der Waals surface area contributed by atoms with Crippen molar-refractivity contribution in [2.45, 2.75) is 32.6 Å². The lowest BCUT2D eigenvalue weighted by molar-refractivity contribution is -0.431. The standard InChI is InChI=1S/C23H20F3N3O7/c1-13-20(29(33)34)19(16-9-5-6-10-17(16)23(24,25)26)21(36-22(30)35-3)14(2)27(13)12-15-8-4-7-11-18(15)28(31)32/h4-11,13H,12H2,1-3H3. The van der Waals surface area contributed by atoms with Crippen molar-refractivity contribution >= 4 is 17.4 Å². The van der Waals surface area contributed by atoms with Crippen LogP contribution in [0.15, 0.2) is 65.7 Å². The molecule has 13 heteroatoms. The fraction of sp³-hybridized carbons (Fsp3) is 0.261. The molecule has 0 saturated carbocycles. The topological polar surface area (TPSA) is 125 Å². The Balaban J connectivity index is 2.31. The van der Waals surface area contributed by atoms with Crippen LogP contribution in [0, 0.1) is 20.2 Å². The fourth-order valence-electron chi connectivity index (χ4n) is 4.04. The van der Waals surface area contributed by atoms with Gasteiger partial charge in [-0.15, -0.1) is 0 Å². The molecule has 0 N–H and O–H groups in total. The Hall–Kier alpha value is -4.42. The van der Waals surface area contributed by atoms with Gasteiger partial charge in [0.1, 0.15) is 11.6 Å². The summed E-state index contributed by atoms with van der Waals surface area (Å²) in [6.45, 7) is 2.53. The van der Waals surface area contributed by atoms with E-state index in [1.807, 2.05) is 0 Å². The maximum atomic E-state index is 13.9. The van der Waals surface area contributed by atoms with Crippen molar-refractivity contribution in [3.8, 4) is 0 Å². The lowest BCUT2D eigenvalue weighted by atomic mass is 9.90. The molecule has 1 atom stereocenters. The molecule has 0 aromatic heterocycles. The van der Waals surface area contributed by atoms with Crippen molar-refractivity contribution in [3.05, 3.63) is 103 Å². The summed E-state index contributed by atoms with van der Waals surface area (Å²) in [5.74, 6) is -0.526. The molecule has 0 amide bonds. The van der Waals surface area contributed by atoms with Crippen molar-refractivity contribution < 1.29 is 37.3 Å². The first-order valence-corrected chi connectivity index (χ1v) is 10.4. The van der Waals surface area contributed by atoms with Crippen LogP contribution in [-0.4, -0.2) is 34.1 Å². The fourth-order valence-corrected chi connectivity index (χ4v) is 4.04. The molecule has 1 heterocycles. The van der Waals surface area contributed by atoms with E-state index in [4.69, 9.17) is 4.74 Å². The Bertz CT molecular complexity index is 1290. The number of hydrogen-bond acceptors (Lipinski definition) is 8. The van der Waals surface area contributed by atoms with Gasteiger partial charge in [0, 0.05) is 17.2 Å². The van der Waals surface area contributed by atoms with Crippen molar-refractivity contribution in [2.24, 2.45) is 0 Å². The smallest absolute Gasteiger partial charge is 0.437 e. The number of rotatable bonds is 6. The first-order valence-electron chi connectivity index (χ1n) is 10.4. The second-order valence-corrected chi connectivity index (χ2v) is 7.72. The van der Waals surface area contributed by atoms with Gasteiger partial charge in [-0.05, 0) is 19.9 Å². The second kappa shape index (κ2) is 10.1. The van der Waals surface area contributed by atoms with Crippen LogP contribution in [-0.2, 0) is 22.2 Å². The normalized spacial score (nSPS) is 16.2. The minimum absolute atomic E-state index is 0.0450. The highest BCUT2D eigenvalue weighted by Gasteiger charge is 2.44. The number of alkyl halides is 3. The van der Waals surface area contributed by atoms with Crippen LogP contribution >= 0.6 is 0 Å². The zero-order valence-corrected chi connectivity index (χ0v) is 19.2. The first-order chi connectivity index (χ1) is 16.9. The molecule has 3 rings (SSSR count). The predicted molar refractivity (Wildman–Crippen MR) is 120 cm³/mol. The van der Waals surface area contributed by atoms with Crippen LogP contribution in [0.25, 0.3) is 5.57 Å². The molecule has 0 bridgehead atoms. The Morgan fingerprint density at radius 3 is 2.25 bits per heavy atom. The van der Waals surface area contributed by atoms with E-state index in [0.717, 1.165) is 25.3 Å². The lowest BCUT2D eigenvalue weighted by Crippen LogP contribution is -2.40. The molecular weight excluding hydrogens is 487 g/mol. The molecule has 190 valence electrons. The van der Waals surface area contributed by atoms with Crippen LogP contribution in [0.5, 0.6) is 0 Å². The molecule has 0 saturated heterocycles. The number of para-hydroxylation sites is 1. The Kier molecular flexibility index (Phi) is 7.32. The third-order valence-electron chi connectivity index (χ3n) is 5.69. The summed E-state index contributed by atoms with van der Waals surface area (Å²) < 4.78 is 51.2. The van der Waals surface area contributed by atoms with Crippen LogP contribution in [0.2, 0.25) is 0 Å². The number of carbonyl (C=O) groups excluding carboxylic acids is 1. The Labute approximate surface area is 202 Å².